The van der Waals surface area contributed by atoms with Crippen LogP contribution in [0.15, 0.2) is 23.3 Å². The number of fused-ring (bicyclic) bond motifs is 1. The predicted octanol–water partition coefficient (Wildman–Crippen LogP) is 4.54. The topological polar surface area (TPSA) is 89.9 Å². The number of rotatable bonds is 7. The standard InChI is InChI=1S/C27H40O6/c1-7-27(5,6)26(31)33-22-12-16(3)24(17(4)28)21-10-8-15(2)20(25(21)22)11-9-19-13-18(29)14-23(30)32-19/h8,10,15-16,18-20,22,25,29H,7,9,11-14H2,1-6H3/t15?,16-,18-,19?,20+,22+,25-/m1/s1. The number of aliphatic hydroxyl groups excluding tert-OH is 1. The first kappa shape index (κ1) is 25.7. The average molecular weight is 461 g/mol. The second-order valence-corrected chi connectivity index (χ2v) is 10.9. The minimum absolute atomic E-state index is 0.0180. The largest absolute Gasteiger partial charge is 0.462 e. The Morgan fingerprint density at radius 1 is 1.21 bits per heavy atom. The number of hydrogen-bond donors (Lipinski definition) is 1. The fourth-order valence-corrected chi connectivity index (χ4v) is 5.68. The van der Waals surface area contributed by atoms with E-state index in [9.17, 15) is 19.5 Å². The number of ketones is 1. The fraction of sp³-hybridized carbons (Fsp3) is 0.741. The molecule has 33 heavy (non-hydrogen) atoms. The summed E-state index contributed by atoms with van der Waals surface area (Å²) in [4.78, 5) is 37.4. The van der Waals surface area contributed by atoms with Gasteiger partial charge in [-0.05, 0) is 69.8 Å². The van der Waals surface area contributed by atoms with Crippen molar-refractivity contribution in [3.8, 4) is 0 Å². The third-order valence-corrected chi connectivity index (χ3v) is 8.00. The molecule has 0 aromatic rings. The van der Waals surface area contributed by atoms with Gasteiger partial charge in [-0.2, -0.15) is 0 Å². The maximum absolute atomic E-state index is 13.0. The normalized spacial score (nSPS) is 34.5. The summed E-state index contributed by atoms with van der Waals surface area (Å²) in [5.41, 5.74) is 1.28. The molecule has 0 aromatic carbocycles. The second kappa shape index (κ2) is 10.1. The predicted molar refractivity (Wildman–Crippen MR) is 125 cm³/mol. The van der Waals surface area contributed by atoms with Gasteiger partial charge in [0.1, 0.15) is 12.2 Å². The summed E-state index contributed by atoms with van der Waals surface area (Å²) in [6.45, 7) is 11.6. The number of hydrogen-bond acceptors (Lipinski definition) is 6. The van der Waals surface area contributed by atoms with Crippen molar-refractivity contribution in [2.75, 3.05) is 0 Å². The monoisotopic (exact) mass is 460 g/mol. The summed E-state index contributed by atoms with van der Waals surface area (Å²) in [5.74, 6) is -0.154. The van der Waals surface area contributed by atoms with E-state index in [2.05, 4.69) is 19.1 Å². The van der Waals surface area contributed by atoms with Crippen molar-refractivity contribution < 1.29 is 29.0 Å². The van der Waals surface area contributed by atoms with Crippen molar-refractivity contribution in [1.29, 1.82) is 0 Å². The van der Waals surface area contributed by atoms with Crippen molar-refractivity contribution in [2.24, 2.45) is 29.1 Å². The first-order valence-electron chi connectivity index (χ1n) is 12.5. The van der Waals surface area contributed by atoms with E-state index in [1.807, 2.05) is 27.7 Å². The highest BCUT2D eigenvalue weighted by molar-refractivity contribution is 5.95. The molecule has 0 saturated carbocycles. The molecule has 7 atom stereocenters. The van der Waals surface area contributed by atoms with E-state index in [1.54, 1.807) is 6.92 Å². The molecule has 184 valence electrons. The Kier molecular flexibility index (Phi) is 7.87. The molecule has 1 N–H and O–H groups in total. The molecule has 6 heteroatoms. The van der Waals surface area contributed by atoms with E-state index in [0.717, 1.165) is 17.6 Å². The number of carbonyl (C=O) groups is 3. The Balaban J connectivity index is 1.90. The summed E-state index contributed by atoms with van der Waals surface area (Å²) in [6.07, 6.45) is 6.18. The Hall–Kier alpha value is -1.95. The molecule has 2 aliphatic carbocycles. The van der Waals surface area contributed by atoms with Crippen LogP contribution in [0.5, 0.6) is 0 Å². The van der Waals surface area contributed by atoms with Gasteiger partial charge >= 0.3 is 11.9 Å². The van der Waals surface area contributed by atoms with Gasteiger partial charge in [-0.15, -0.1) is 0 Å². The van der Waals surface area contributed by atoms with Crippen LogP contribution in [0.3, 0.4) is 0 Å². The second-order valence-electron chi connectivity index (χ2n) is 10.9. The van der Waals surface area contributed by atoms with Gasteiger partial charge in [0.15, 0.2) is 5.78 Å². The Bertz CT molecular complexity index is 838. The van der Waals surface area contributed by atoms with Crippen molar-refractivity contribution >= 4 is 17.7 Å². The third-order valence-electron chi connectivity index (χ3n) is 8.00. The van der Waals surface area contributed by atoms with E-state index in [-0.39, 0.29) is 60.0 Å². The quantitative estimate of drug-likeness (QED) is 0.561. The summed E-state index contributed by atoms with van der Waals surface area (Å²) < 4.78 is 11.7. The fourth-order valence-electron chi connectivity index (χ4n) is 5.68. The van der Waals surface area contributed by atoms with E-state index in [0.29, 0.717) is 25.7 Å². The highest BCUT2D eigenvalue weighted by Gasteiger charge is 2.46. The number of esters is 2. The van der Waals surface area contributed by atoms with Crippen LogP contribution in [0.25, 0.3) is 0 Å². The van der Waals surface area contributed by atoms with Crippen LogP contribution in [0, 0.1) is 29.1 Å². The SMILES string of the molecule is CCC(C)(C)C(=O)O[C@H]1C[C@@H](C)C(C(C)=O)=C2C=CC(C)[C@H](CCC3C[C@@H](O)CC(=O)O3)[C@H]21. The number of ether oxygens (including phenoxy) is 2. The minimum atomic E-state index is -0.653. The molecule has 1 heterocycles. The Morgan fingerprint density at radius 3 is 2.52 bits per heavy atom. The third kappa shape index (κ3) is 5.59. The van der Waals surface area contributed by atoms with E-state index < -0.39 is 11.5 Å². The van der Waals surface area contributed by atoms with Crippen LogP contribution in [0.4, 0.5) is 0 Å². The van der Waals surface area contributed by atoms with Crippen LogP contribution in [0.2, 0.25) is 0 Å². The van der Waals surface area contributed by atoms with E-state index >= 15 is 0 Å². The Morgan fingerprint density at radius 2 is 1.91 bits per heavy atom. The molecule has 0 amide bonds. The van der Waals surface area contributed by atoms with Crippen molar-refractivity contribution in [3.63, 3.8) is 0 Å². The maximum atomic E-state index is 13.0. The zero-order valence-corrected chi connectivity index (χ0v) is 20.9. The van der Waals surface area contributed by atoms with Gasteiger partial charge in [0.2, 0.25) is 0 Å². The highest BCUT2D eigenvalue weighted by atomic mass is 16.6. The van der Waals surface area contributed by atoms with Crippen LogP contribution < -0.4 is 0 Å². The molecule has 0 bridgehead atoms. The van der Waals surface area contributed by atoms with Gasteiger partial charge in [0, 0.05) is 17.9 Å². The van der Waals surface area contributed by atoms with Crippen LogP contribution in [0.1, 0.15) is 80.1 Å². The molecular formula is C27H40O6. The number of carbonyl (C=O) groups excluding carboxylic acids is 3. The lowest BCUT2D eigenvalue weighted by Gasteiger charge is -2.45. The van der Waals surface area contributed by atoms with Gasteiger partial charge < -0.3 is 14.6 Å². The summed E-state index contributed by atoms with van der Waals surface area (Å²) >= 11 is 0. The molecular weight excluding hydrogens is 420 g/mol. The molecule has 2 unspecified atom stereocenters. The van der Waals surface area contributed by atoms with Crippen molar-refractivity contribution in [3.05, 3.63) is 23.3 Å². The van der Waals surface area contributed by atoms with E-state index in [1.165, 1.54) is 0 Å². The molecule has 1 saturated heterocycles. The van der Waals surface area contributed by atoms with Crippen LogP contribution in [-0.4, -0.2) is 41.1 Å². The number of aliphatic hydroxyl groups is 1. The molecule has 0 aromatic heterocycles. The lowest BCUT2D eigenvalue weighted by molar-refractivity contribution is -0.166. The number of Topliss-reactive ketones (excluding diaryl/α,β-unsaturated/α-hetero) is 1. The first-order chi connectivity index (χ1) is 15.4. The smallest absolute Gasteiger partial charge is 0.311 e. The van der Waals surface area contributed by atoms with E-state index in [4.69, 9.17) is 9.47 Å². The molecule has 0 spiro atoms. The van der Waals surface area contributed by atoms with Crippen molar-refractivity contribution in [1.82, 2.24) is 0 Å². The van der Waals surface area contributed by atoms with Gasteiger partial charge in [-0.25, -0.2) is 0 Å². The van der Waals surface area contributed by atoms with Gasteiger partial charge in [-0.1, -0.05) is 32.9 Å². The molecule has 6 nitrogen and oxygen atoms in total. The lowest BCUT2D eigenvalue weighted by atomic mass is 9.62. The summed E-state index contributed by atoms with van der Waals surface area (Å²) in [6, 6.07) is 0. The maximum Gasteiger partial charge on any atom is 0.311 e. The van der Waals surface area contributed by atoms with Crippen LogP contribution >= 0.6 is 0 Å². The van der Waals surface area contributed by atoms with Gasteiger partial charge in [0.05, 0.1) is 17.9 Å². The summed E-state index contributed by atoms with van der Waals surface area (Å²) in [5, 5.41) is 9.98. The molecule has 0 radical (unpaired) electrons. The number of allylic oxidation sites excluding steroid dienone is 3. The first-order valence-corrected chi connectivity index (χ1v) is 12.5. The van der Waals surface area contributed by atoms with Gasteiger partial charge in [-0.3, -0.25) is 14.4 Å². The van der Waals surface area contributed by atoms with Crippen LogP contribution in [-0.2, 0) is 23.9 Å². The minimum Gasteiger partial charge on any atom is -0.462 e. The zero-order chi connectivity index (χ0) is 24.5. The average Bonchev–Trinajstić information content (AvgIpc) is 2.72. The number of cyclic esters (lactones) is 1. The summed E-state index contributed by atoms with van der Waals surface area (Å²) in [7, 11) is 0. The lowest BCUT2D eigenvalue weighted by Crippen LogP contribution is -2.45. The Labute approximate surface area is 197 Å². The van der Waals surface area contributed by atoms with Gasteiger partial charge in [0.25, 0.3) is 0 Å². The van der Waals surface area contributed by atoms with Crippen molar-refractivity contribution in [2.45, 2.75) is 98.4 Å². The highest BCUT2D eigenvalue weighted by Crippen LogP contribution is 2.48. The zero-order valence-electron chi connectivity index (χ0n) is 20.9. The molecule has 3 rings (SSSR count). The molecule has 3 aliphatic rings. The molecule has 1 aliphatic heterocycles. The molecule has 1 fully saturated rings.